The molecule has 2 unspecified atom stereocenters. The Balaban J connectivity index is 1.94. The number of nitrogens with zero attached hydrogens (tertiary/aromatic N) is 2. The van der Waals surface area contributed by atoms with Gasteiger partial charge in [0, 0.05) is 0 Å². The van der Waals surface area contributed by atoms with Crippen molar-refractivity contribution in [3.63, 3.8) is 0 Å². The fraction of sp³-hybridized carbons (Fsp3) is 0.533. The molecular weight excluding hydrogens is 379 g/mol. The first-order chi connectivity index (χ1) is 11.3. The van der Waals surface area contributed by atoms with Crippen molar-refractivity contribution in [1.29, 1.82) is 0 Å². The number of carbonyl (C=O) groups is 1. The van der Waals surface area contributed by atoms with Crippen molar-refractivity contribution >= 4 is 30.1 Å². The molecule has 8 nitrogen and oxygen atoms in total. The number of fused-ring (bicyclic) bond motifs is 3. The number of phenols is 1. The summed E-state index contributed by atoms with van der Waals surface area (Å²) >= 11 is -5.15. The number of hydrogen-bond donors (Lipinski definition) is 3. The van der Waals surface area contributed by atoms with Crippen LogP contribution in [0.25, 0.3) is 0 Å². The molecular formula is C15H21AsN2O6. The van der Waals surface area contributed by atoms with E-state index >= 15 is 0 Å². The molecule has 24 heavy (non-hydrogen) atoms. The molecule has 1 aromatic rings. The molecule has 0 aromatic heterocycles. The molecule has 3 aliphatic rings. The first-order valence-corrected chi connectivity index (χ1v) is 11.2. The van der Waals surface area contributed by atoms with Crippen LogP contribution in [-0.4, -0.2) is 65.1 Å². The number of phenolic OH excluding ortho intramolecular Hbond substituents is 1. The van der Waals surface area contributed by atoms with Gasteiger partial charge in [-0.1, -0.05) is 0 Å². The summed E-state index contributed by atoms with van der Waals surface area (Å²) in [6.45, 7) is 4.34. The number of piperidine rings is 3. The minimum atomic E-state index is -5.15. The van der Waals surface area contributed by atoms with Crippen molar-refractivity contribution in [2.75, 3.05) is 24.5 Å². The molecule has 2 bridgehead atoms. The maximum absolute atomic E-state index is 12.2. The van der Waals surface area contributed by atoms with Crippen molar-refractivity contribution in [2.45, 2.75) is 25.8 Å². The quantitative estimate of drug-likeness (QED) is 0.368. The van der Waals surface area contributed by atoms with E-state index in [1.165, 1.54) is 25.1 Å². The van der Waals surface area contributed by atoms with Crippen LogP contribution in [0.3, 0.4) is 0 Å². The standard InChI is InChI=1S/C15H21AsN2O6/c1-10(19)18(14-9-17-6-4-11(14)5-7-17)12-2-3-13(15(20)8-12)16(21,22)24-23/h2-3,8,11,14,20,23H,4-7,9H2,1H3,(H,21,22). The second-order valence-electron chi connectivity index (χ2n) is 6.37. The van der Waals surface area contributed by atoms with Gasteiger partial charge in [-0.15, -0.1) is 0 Å². The number of amides is 1. The third-order valence-electron chi connectivity index (χ3n) is 4.94. The third kappa shape index (κ3) is 3.12. The predicted octanol–water partition coefficient (Wildman–Crippen LogP) is -0.102. The molecule has 3 saturated heterocycles. The number of benzene rings is 1. The van der Waals surface area contributed by atoms with Crippen LogP contribution in [0, 0.1) is 5.92 Å². The van der Waals surface area contributed by atoms with Gasteiger partial charge in [-0.3, -0.25) is 0 Å². The van der Waals surface area contributed by atoms with E-state index in [-0.39, 0.29) is 16.3 Å². The summed E-state index contributed by atoms with van der Waals surface area (Å²) in [6, 6.07) is 4.02. The first-order valence-electron chi connectivity index (χ1n) is 7.85. The van der Waals surface area contributed by atoms with Crippen molar-refractivity contribution in [3.05, 3.63) is 18.2 Å². The SMILES string of the molecule is CC(=O)N(c1ccc([As](=O)(O)OO)c(O)c1)C1CN2CCC1CC2. The van der Waals surface area contributed by atoms with Crippen LogP contribution in [0.15, 0.2) is 18.2 Å². The van der Waals surface area contributed by atoms with E-state index in [9.17, 15) is 17.7 Å². The van der Waals surface area contributed by atoms with Gasteiger partial charge in [0.05, 0.1) is 0 Å². The zero-order chi connectivity index (χ0) is 17.5. The van der Waals surface area contributed by atoms with Gasteiger partial charge in [0.2, 0.25) is 0 Å². The monoisotopic (exact) mass is 400 g/mol. The van der Waals surface area contributed by atoms with E-state index in [4.69, 9.17) is 5.26 Å². The summed E-state index contributed by atoms with van der Waals surface area (Å²) in [5.74, 6) is -0.203. The molecule has 3 fully saturated rings. The zero-order valence-electron chi connectivity index (χ0n) is 13.3. The van der Waals surface area contributed by atoms with Gasteiger partial charge in [0.25, 0.3) is 0 Å². The molecule has 132 valence electrons. The van der Waals surface area contributed by atoms with Crippen LogP contribution in [0.4, 0.5) is 5.69 Å². The van der Waals surface area contributed by atoms with E-state index in [1.54, 1.807) is 4.90 Å². The van der Waals surface area contributed by atoms with E-state index in [1.807, 2.05) is 0 Å². The van der Waals surface area contributed by atoms with Crippen LogP contribution < -0.4 is 9.25 Å². The topological polar surface area (TPSA) is 111 Å². The Morgan fingerprint density at radius 3 is 2.50 bits per heavy atom. The van der Waals surface area contributed by atoms with Crippen molar-refractivity contribution in [2.24, 2.45) is 5.92 Å². The summed E-state index contributed by atoms with van der Waals surface area (Å²) < 4.78 is 24.6. The summed E-state index contributed by atoms with van der Waals surface area (Å²) in [7, 11) is 0. The molecule has 9 heteroatoms. The molecule has 0 aliphatic carbocycles. The average molecular weight is 400 g/mol. The van der Waals surface area contributed by atoms with Gasteiger partial charge < -0.3 is 0 Å². The number of rotatable bonds is 4. The van der Waals surface area contributed by atoms with E-state index in [0.717, 1.165) is 32.5 Å². The normalized spacial score (nSPS) is 28.4. The Morgan fingerprint density at radius 2 is 2.04 bits per heavy atom. The van der Waals surface area contributed by atoms with Gasteiger partial charge in [-0.05, 0) is 0 Å². The fourth-order valence-electron chi connectivity index (χ4n) is 3.78. The van der Waals surface area contributed by atoms with Crippen LogP contribution in [0.2, 0.25) is 0 Å². The summed E-state index contributed by atoms with van der Waals surface area (Å²) in [6.07, 6.45) is 2.07. The number of carbonyl (C=O) groups excluding carboxylic acids is 1. The Morgan fingerprint density at radius 1 is 1.38 bits per heavy atom. The third-order valence-corrected chi connectivity index (χ3v) is 7.48. The Hall–Kier alpha value is -1.31. The maximum atomic E-state index is 12.2. The number of hydrogen-bond acceptors (Lipinski definition) is 6. The van der Waals surface area contributed by atoms with E-state index in [2.05, 4.69) is 8.78 Å². The van der Waals surface area contributed by atoms with Gasteiger partial charge in [0.15, 0.2) is 0 Å². The molecule has 0 saturated carbocycles. The van der Waals surface area contributed by atoms with Crippen LogP contribution in [-0.2, 0) is 12.4 Å². The molecule has 0 radical (unpaired) electrons. The van der Waals surface area contributed by atoms with Gasteiger partial charge in [-0.25, -0.2) is 0 Å². The molecule has 0 spiro atoms. The van der Waals surface area contributed by atoms with Crippen molar-refractivity contribution < 1.29 is 26.9 Å². The van der Waals surface area contributed by atoms with Crippen molar-refractivity contribution in [1.82, 2.24) is 4.90 Å². The summed E-state index contributed by atoms with van der Waals surface area (Å²) in [5.41, 5.74) is 0.468. The Kier molecular flexibility index (Phi) is 4.77. The molecule has 4 rings (SSSR count). The van der Waals surface area contributed by atoms with Crippen LogP contribution in [0.1, 0.15) is 19.8 Å². The minimum absolute atomic E-state index is 0.0237. The molecule has 3 aliphatic heterocycles. The Labute approximate surface area is 142 Å². The molecule has 1 amide bonds. The van der Waals surface area contributed by atoms with E-state index in [0.29, 0.717) is 11.6 Å². The molecule has 2 atom stereocenters. The van der Waals surface area contributed by atoms with E-state index < -0.39 is 19.9 Å². The summed E-state index contributed by atoms with van der Waals surface area (Å²) in [4.78, 5) is 16.2. The average Bonchev–Trinajstić information content (AvgIpc) is 2.55. The summed E-state index contributed by atoms with van der Waals surface area (Å²) in [5, 5.41) is 18.6. The second-order valence-corrected chi connectivity index (χ2v) is 9.91. The second kappa shape index (κ2) is 6.54. The number of anilines is 1. The first kappa shape index (κ1) is 17.5. The van der Waals surface area contributed by atoms with Gasteiger partial charge >= 0.3 is 142 Å². The molecule has 1 aromatic carbocycles. The van der Waals surface area contributed by atoms with Crippen LogP contribution >= 0.6 is 0 Å². The van der Waals surface area contributed by atoms with Crippen LogP contribution in [0.5, 0.6) is 5.75 Å². The number of aromatic hydroxyl groups is 1. The predicted molar refractivity (Wildman–Crippen MR) is 86.2 cm³/mol. The molecule has 3 N–H and O–H groups in total. The zero-order valence-corrected chi connectivity index (χ0v) is 15.2. The fourth-order valence-corrected chi connectivity index (χ4v) is 5.26. The van der Waals surface area contributed by atoms with Gasteiger partial charge in [0.1, 0.15) is 0 Å². The Bertz CT molecular complexity index is 689. The van der Waals surface area contributed by atoms with Crippen molar-refractivity contribution in [3.8, 4) is 5.75 Å². The molecule has 3 heterocycles. The van der Waals surface area contributed by atoms with Gasteiger partial charge in [-0.2, -0.15) is 0 Å².